The fraction of sp³-hybridized carbons (Fsp3) is 0.351. The van der Waals surface area contributed by atoms with Crippen LogP contribution >= 0.6 is 0 Å². The van der Waals surface area contributed by atoms with Crippen molar-refractivity contribution >= 4 is 34.6 Å². The predicted octanol–water partition coefficient (Wildman–Crippen LogP) is 5.49. The maximum absolute atomic E-state index is 14.1. The van der Waals surface area contributed by atoms with Gasteiger partial charge in [-0.25, -0.2) is 0 Å². The number of ketones is 1. The molecule has 1 saturated heterocycles. The fourth-order valence-electron chi connectivity index (χ4n) is 5.95. The average molecular weight is 658 g/mol. The number of esters is 3. The largest absolute Gasteiger partial charge is 0.489 e. The first-order valence-corrected chi connectivity index (χ1v) is 15.7. The third-order valence-corrected chi connectivity index (χ3v) is 7.97. The third kappa shape index (κ3) is 7.75. The van der Waals surface area contributed by atoms with E-state index in [2.05, 4.69) is 0 Å². The zero-order valence-electron chi connectivity index (χ0n) is 27.5. The normalized spacial score (nSPS) is 20.6. The quantitative estimate of drug-likeness (QED) is 0.110. The van der Waals surface area contributed by atoms with Crippen molar-refractivity contribution in [1.29, 1.82) is 0 Å². The molecule has 3 aromatic carbocycles. The van der Waals surface area contributed by atoms with E-state index in [-0.39, 0.29) is 19.0 Å². The second kappa shape index (κ2) is 15.3. The van der Waals surface area contributed by atoms with Gasteiger partial charge in [-0.2, -0.15) is 0 Å². The molecule has 5 rings (SSSR count). The topological polar surface area (TPSA) is 129 Å². The van der Waals surface area contributed by atoms with Gasteiger partial charge in [0.2, 0.25) is 0 Å². The van der Waals surface area contributed by atoms with Gasteiger partial charge in [0.25, 0.3) is 0 Å². The molecule has 0 spiro atoms. The lowest BCUT2D eigenvalue weighted by Gasteiger charge is -2.45. The van der Waals surface area contributed by atoms with Crippen LogP contribution in [0, 0.1) is 6.92 Å². The Bertz CT molecular complexity index is 1760. The number of fused-ring (bicyclic) bond motifs is 1. The molecule has 0 aliphatic carbocycles. The first-order chi connectivity index (χ1) is 23.1. The Morgan fingerprint density at radius 3 is 2.12 bits per heavy atom. The number of ether oxygens (including phenoxy) is 6. The lowest BCUT2D eigenvalue weighted by molar-refractivity contribution is -0.271. The standard InChI is InChI=1S/C37H39NO10/c1-6-43-36-35(47-25(5)41)34(46-24(4)40)31(21-44-23(3)39)48-37(36)38-19-29(32-22(2)11-10-14-30(32)38)33(42)27-15-17-28(18-16-27)45-20-26-12-8-7-9-13-26/h7-19,31,34-37H,6,20-21H2,1-5H3/t31-,34-,35+,36-,37-/m1/s1. The molecule has 1 aliphatic rings. The average Bonchev–Trinajstić information content (AvgIpc) is 3.45. The van der Waals surface area contributed by atoms with Crippen LogP contribution in [0.4, 0.5) is 0 Å². The Kier molecular flexibility index (Phi) is 10.9. The highest BCUT2D eigenvalue weighted by molar-refractivity contribution is 6.17. The molecular formula is C37H39NO10. The van der Waals surface area contributed by atoms with Gasteiger partial charge in [-0.1, -0.05) is 42.5 Å². The minimum atomic E-state index is -1.15. The van der Waals surface area contributed by atoms with Crippen molar-refractivity contribution in [1.82, 2.24) is 4.57 Å². The first kappa shape index (κ1) is 34.3. The Morgan fingerprint density at radius 1 is 0.792 bits per heavy atom. The summed E-state index contributed by atoms with van der Waals surface area (Å²) in [7, 11) is 0. The number of carbonyl (C=O) groups excluding carboxylic acids is 4. The van der Waals surface area contributed by atoms with Gasteiger partial charge in [-0.15, -0.1) is 0 Å². The van der Waals surface area contributed by atoms with Crippen molar-refractivity contribution in [2.75, 3.05) is 13.2 Å². The van der Waals surface area contributed by atoms with E-state index < -0.39 is 48.6 Å². The molecule has 0 bridgehead atoms. The van der Waals surface area contributed by atoms with Crippen molar-refractivity contribution in [2.45, 2.75) is 71.9 Å². The summed E-state index contributed by atoms with van der Waals surface area (Å²) >= 11 is 0. The lowest BCUT2D eigenvalue weighted by Crippen LogP contribution is -2.60. The fourth-order valence-corrected chi connectivity index (χ4v) is 5.95. The summed E-state index contributed by atoms with van der Waals surface area (Å²) in [5, 5.41) is 0.702. The van der Waals surface area contributed by atoms with Crippen molar-refractivity contribution < 1.29 is 47.6 Å². The molecule has 0 unspecified atom stereocenters. The predicted molar refractivity (Wildman–Crippen MR) is 174 cm³/mol. The molecule has 4 aromatic rings. The molecule has 48 heavy (non-hydrogen) atoms. The third-order valence-electron chi connectivity index (χ3n) is 7.97. The van der Waals surface area contributed by atoms with Gasteiger partial charge in [-0.3, -0.25) is 19.2 Å². The Labute approximate surface area is 278 Å². The molecule has 0 N–H and O–H groups in total. The number of aromatic nitrogens is 1. The molecule has 5 atom stereocenters. The Balaban J connectivity index is 1.54. The number of nitrogens with zero attached hydrogens (tertiary/aromatic N) is 1. The number of hydrogen-bond acceptors (Lipinski definition) is 10. The summed E-state index contributed by atoms with van der Waals surface area (Å²) in [4.78, 5) is 50.4. The summed E-state index contributed by atoms with van der Waals surface area (Å²) < 4.78 is 36.9. The molecule has 0 amide bonds. The van der Waals surface area contributed by atoms with Crippen molar-refractivity contribution in [3.63, 3.8) is 0 Å². The summed E-state index contributed by atoms with van der Waals surface area (Å²) in [6, 6.07) is 22.4. The van der Waals surface area contributed by atoms with Gasteiger partial charge in [0.15, 0.2) is 24.2 Å². The molecule has 2 heterocycles. The van der Waals surface area contributed by atoms with Crippen molar-refractivity contribution in [2.24, 2.45) is 0 Å². The summed E-state index contributed by atoms with van der Waals surface area (Å²) in [5.74, 6) is -1.44. The van der Waals surface area contributed by atoms with Crippen LogP contribution in [0.2, 0.25) is 0 Å². The summed E-state index contributed by atoms with van der Waals surface area (Å²) in [6.07, 6.45) is -3.58. The van der Waals surface area contributed by atoms with Crippen LogP contribution in [0.1, 0.15) is 61.0 Å². The highest BCUT2D eigenvalue weighted by atomic mass is 16.7. The molecule has 0 radical (unpaired) electrons. The molecule has 252 valence electrons. The monoisotopic (exact) mass is 657 g/mol. The zero-order valence-corrected chi connectivity index (χ0v) is 27.5. The maximum Gasteiger partial charge on any atom is 0.303 e. The second-order valence-electron chi connectivity index (χ2n) is 11.5. The van der Waals surface area contributed by atoms with Crippen LogP contribution in [0.25, 0.3) is 10.9 Å². The molecule has 1 aliphatic heterocycles. The van der Waals surface area contributed by atoms with E-state index in [1.54, 1.807) is 42.0 Å². The molecule has 11 heteroatoms. The van der Waals surface area contributed by atoms with Crippen molar-refractivity contribution in [3.05, 3.63) is 101 Å². The number of benzene rings is 3. The highest BCUT2D eigenvalue weighted by Gasteiger charge is 2.52. The molecule has 1 aromatic heterocycles. The minimum absolute atomic E-state index is 0.201. The van der Waals surface area contributed by atoms with E-state index in [0.29, 0.717) is 34.4 Å². The van der Waals surface area contributed by atoms with Crippen LogP contribution < -0.4 is 4.74 Å². The first-order valence-electron chi connectivity index (χ1n) is 15.7. The maximum atomic E-state index is 14.1. The van der Waals surface area contributed by atoms with Gasteiger partial charge in [0, 0.05) is 50.1 Å². The molecule has 11 nitrogen and oxygen atoms in total. The van der Waals surface area contributed by atoms with Gasteiger partial charge >= 0.3 is 17.9 Å². The smallest absolute Gasteiger partial charge is 0.303 e. The van der Waals surface area contributed by atoms with E-state index in [1.807, 2.05) is 55.5 Å². The zero-order chi connectivity index (χ0) is 34.4. The Morgan fingerprint density at radius 2 is 1.48 bits per heavy atom. The number of hydrogen-bond donors (Lipinski definition) is 0. The van der Waals surface area contributed by atoms with E-state index >= 15 is 0 Å². The van der Waals surface area contributed by atoms with Crippen molar-refractivity contribution in [3.8, 4) is 5.75 Å². The number of rotatable bonds is 12. The Hall–Kier alpha value is -5.00. The van der Waals surface area contributed by atoms with Crippen LogP contribution in [0.3, 0.4) is 0 Å². The van der Waals surface area contributed by atoms with Crippen LogP contribution in [0.5, 0.6) is 5.75 Å². The van der Waals surface area contributed by atoms with Gasteiger partial charge in [0.1, 0.15) is 31.2 Å². The van der Waals surface area contributed by atoms with Crippen LogP contribution in [-0.4, -0.2) is 65.9 Å². The second-order valence-corrected chi connectivity index (χ2v) is 11.5. The number of aryl methyl sites for hydroxylation is 1. The van der Waals surface area contributed by atoms with E-state index in [1.165, 1.54) is 20.8 Å². The van der Waals surface area contributed by atoms with Crippen LogP contribution in [-0.2, 0) is 44.7 Å². The summed E-state index contributed by atoms with van der Waals surface area (Å²) in [6.45, 7) is 7.70. The van der Waals surface area contributed by atoms with Crippen LogP contribution in [0.15, 0.2) is 79.0 Å². The lowest BCUT2D eigenvalue weighted by atomic mass is 9.97. The molecule has 0 saturated carbocycles. The number of carbonyl (C=O) groups is 4. The van der Waals surface area contributed by atoms with Gasteiger partial charge in [-0.05, 0) is 55.3 Å². The van der Waals surface area contributed by atoms with Gasteiger partial charge in [0.05, 0.1) is 5.52 Å². The van der Waals surface area contributed by atoms with E-state index in [9.17, 15) is 19.2 Å². The highest BCUT2D eigenvalue weighted by Crippen LogP contribution is 2.38. The minimum Gasteiger partial charge on any atom is -0.489 e. The molecule has 1 fully saturated rings. The SMILES string of the molecule is CCO[C@@H]1[C@@H](OC(C)=O)[C@H](OC(C)=O)[C@@H](COC(C)=O)O[C@H]1n1cc(C(=O)c2ccc(OCc3ccccc3)cc2)c2c(C)cccc21. The molecular weight excluding hydrogens is 618 g/mol. The summed E-state index contributed by atoms with van der Waals surface area (Å²) in [5.41, 5.74) is 3.42. The van der Waals surface area contributed by atoms with E-state index in [4.69, 9.17) is 28.4 Å². The van der Waals surface area contributed by atoms with E-state index in [0.717, 1.165) is 11.1 Å². The van der Waals surface area contributed by atoms with Gasteiger partial charge < -0.3 is 33.0 Å².